The van der Waals surface area contributed by atoms with Crippen LogP contribution in [-0.2, 0) is 6.42 Å². The minimum atomic E-state index is 0.989. The van der Waals surface area contributed by atoms with Gasteiger partial charge in [0.05, 0.1) is 0 Å². The van der Waals surface area contributed by atoms with E-state index in [9.17, 15) is 0 Å². The summed E-state index contributed by atoms with van der Waals surface area (Å²) in [6.45, 7) is 2.39. The van der Waals surface area contributed by atoms with Crippen LogP contribution in [-0.4, -0.2) is 13.1 Å². The van der Waals surface area contributed by atoms with Crippen LogP contribution >= 0.6 is 11.3 Å². The summed E-state index contributed by atoms with van der Waals surface area (Å²) in [5, 5.41) is 5.69. The van der Waals surface area contributed by atoms with E-state index < -0.39 is 0 Å². The van der Waals surface area contributed by atoms with Crippen molar-refractivity contribution >= 4 is 11.3 Å². The zero-order valence-corrected chi connectivity index (χ0v) is 8.78. The molecule has 0 atom stereocenters. The van der Waals surface area contributed by atoms with Gasteiger partial charge < -0.3 is 5.32 Å². The normalized spacial score (nSPS) is 17.2. The summed E-state index contributed by atoms with van der Waals surface area (Å²) in [4.78, 5) is 1.50. The zero-order valence-electron chi connectivity index (χ0n) is 7.96. The topological polar surface area (TPSA) is 12.0 Å². The molecule has 0 radical (unpaired) electrons. The molecule has 0 aliphatic heterocycles. The Morgan fingerprint density at radius 1 is 1.46 bits per heavy atom. The Morgan fingerprint density at radius 2 is 2.38 bits per heavy atom. The molecule has 1 aliphatic carbocycles. The minimum absolute atomic E-state index is 0.989. The van der Waals surface area contributed by atoms with Gasteiger partial charge in [0, 0.05) is 4.88 Å². The molecule has 2 heteroatoms. The van der Waals surface area contributed by atoms with Gasteiger partial charge in [-0.25, -0.2) is 0 Å². The largest absolute Gasteiger partial charge is 0.316 e. The third-order valence-electron chi connectivity index (χ3n) is 2.79. The fourth-order valence-corrected chi connectivity index (χ4v) is 2.38. The summed E-state index contributed by atoms with van der Waals surface area (Å²) < 4.78 is 0. The summed E-state index contributed by atoms with van der Waals surface area (Å²) >= 11 is 1.86. The molecule has 0 unspecified atom stereocenters. The van der Waals surface area contributed by atoms with Crippen molar-refractivity contribution in [3.8, 4) is 0 Å². The van der Waals surface area contributed by atoms with Crippen LogP contribution in [0.25, 0.3) is 0 Å². The maximum atomic E-state index is 3.53. The molecule has 1 N–H and O–H groups in total. The van der Waals surface area contributed by atoms with E-state index in [1.807, 2.05) is 11.3 Å². The van der Waals surface area contributed by atoms with Crippen LogP contribution in [0.1, 0.15) is 24.1 Å². The number of nitrogens with one attached hydrogen (secondary N) is 1. The lowest BCUT2D eigenvalue weighted by Gasteiger charge is -2.25. The molecule has 1 fully saturated rings. The second-order valence-corrected chi connectivity index (χ2v) is 4.86. The molecule has 1 aromatic rings. The molecule has 0 aromatic carbocycles. The molecule has 1 aliphatic rings. The second kappa shape index (κ2) is 4.77. The van der Waals surface area contributed by atoms with E-state index in [0.717, 1.165) is 12.5 Å². The molecule has 0 saturated heterocycles. The van der Waals surface area contributed by atoms with Crippen molar-refractivity contribution in [2.75, 3.05) is 13.1 Å². The maximum Gasteiger partial charge on any atom is 0.00578 e. The Morgan fingerprint density at radius 3 is 3.00 bits per heavy atom. The number of thiophene rings is 1. The fraction of sp³-hybridized carbons (Fsp3) is 0.636. The first kappa shape index (κ1) is 9.22. The Labute approximate surface area is 84.2 Å². The van der Waals surface area contributed by atoms with Crippen LogP contribution in [0.3, 0.4) is 0 Å². The molecular formula is C11H17NS. The molecule has 1 aromatic heterocycles. The smallest absolute Gasteiger partial charge is 0.00578 e. The van der Waals surface area contributed by atoms with Crippen LogP contribution in [0.5, 0.6) is 0 Å². The molecule has 0 amide bonds. The molecule has 0 bridgehead atoms. The molecular weight excluding hydrogens is 178 g/mol. The molecule has 1 nitrogen and oxygen atoms in total. The van der Waals surface area contributed by atoms with Crippen molar-refractivity contribution in [1.29, 1.82) is 0 Å². The van der Waals surface area contributed by atoms with E-state index in [-0.39, 0.29) is 0 Å². The first-order valence-electron chi connectivity index (χ1n) is 5.18. The van der Waals surface area contributed by atoms with E-state index in [2.05, 4.69) is 22.8 Å². The monoisotopic (exact) mass is 195 g/mol. The van der Waals surface area contributed by atoms with Gasteiger partial charge in [0.15, 0.2) is 0 Å². The molecule has 2 rings (SSSR count). The Bertz CT molecular complexity index is 226. The molecule has 1 saturated carbocycles. The lowest BCUT2D eigenvalue weighted by atomic mass is 9.85. The van der Waals surface area contributed by atoms with Gasteiger partial charge in [0.25, 0.3) is 0 Å². The van der Waals surface area contributed by atoms with Crippen molar-refractivity contribution in [1.82, 2.24) is 5.32 Å². The highest BCUT2D eigenvalue weighted by Gasteiger charge is 2.15. The van der Waals surface area contributed by atoms with E-state index in [0.29, 0.717) is 0 Å². The average Bonchev–Trinajstić information content (AvgIpc) is 2.53. The summed E-state index contributed by atoms with van der Waals surface area (Å²) in [7, 11) is 0. The van der Waals surface area contributed by atoms with Crippen molar-refractivity contribution in [2.45, 2.75) is 25.7 Å². The summed E-state index contributed by atoms with van der Waals surface area (Å²) in [6.07, 6.45) is 5.56. The van der Waals surface area contributed by atoms with Crippen LogP contribution in [0.2, 0.25) is 0 Å². The van der Waals surface area contributed by atoms with Crippen LogP contribution in [0.4, 0.5) is 0 Å². The van der Waals surface area contributed by atoms with Crippen molar-refractivity contribution < 1.29 is 0 Å². The molecule has 72 valence electrons. The lowest BCUT2D eigenvalue weighted by Crippen LogP contribution is -2.28. The summed E-state index contributed by atoms with van der Waals surface area (Å²) in [6, 6.07) is 4.35. The first-order chi connectivity index (χ1) is 6.45. The van der Waals surface area contributed by atoms with Crippen LogP contribution < -0.4 is 5.32 Å². The SMILES string of the molecule is c1csc(CCNCC2CCC2)c1. The average molecular weight is 195 g/mol. The highest BCUT2D eigenvalue weighted by molar-refractivity contribution is 7.09. The van der Waals surface area contributed by atoms with E-state index in [1.165, 1.54) is 37.1 Å². The van der Waals surface area contributed by atoms with Gasteiger partial charge in [-0.2, -0.15) is 0 Å². The van der Waals surface area contributed by atoms with Gasteiger partial charge in [0.2, 0.25) is 0 Å². The Hall–Kier alpha value is -0.340. The molecule has 13 heavy (non-hydrogen) atoms. The molecule has 1 heterocycles. The summed E-state index contributed by atoms with van der Waals surface area (Å²) in [5.41, 5.74) is 0. The van der Waals surface area contributed by atoms with E-state index in [1.54, 1.807) is 0 Å². The predicted molar refractivity (Wildman–Crippen MR) is 58.2 cm³/mol. The second-order valence-electron chi connectivity index (χ2n) is 3.83. The van der Waals surface area contributed by atoms with Gasteiger partial charge in [-0.1, -0.05) is 12.5 Å². The third kappa shape index (κ3) is 2.82. The Balaban J connectivity index is 1.53. The number of rotatable bonds is 5. The van der Waals surface area contributed by atoms with Gasteiger partial charge in [-0.15, -0.1) is 11.3 Å². The van der Waals surface area contributed by atoms with Crippen LogP contribution in [0, 0.1) is 5.92 Å². The van der Waals surface area contributed by atoms with Gasteiger partial charge in [-0.05, 0) is 49.7 Å². The number of hydrogen-bond acceptors (Lipinski definition) is 2. The highest BCUT2D eigenvalue weighted by Crippen LogP contribution is 2.25. The van der Waals surface area contributed by atoms with Crippen molar-refractivity contribution in [2.24, 2.45) is 5.92 Å². The standard InChI is InChI=1S/C11H17NS/c1-3-10(4-1)9-12-7-6-11-5-2-8-13-11/h2,5,8,10,12H,1,3-4,6-7,9H2. The van der Waals surface area contributed by atoms with Crippen molar-refractivity contribution in [3.05, 3.63) is 22.4 Å². The van der Waals surface area contributed by atoms with Crippen LogP contribution in [0.15, 0.2) is 17.5 Å². The van der Waals surface area contributed by atoms with E-state index in [4.69, 9.17) is 0 Å². The fourth-order valence-electron chi connectivity index (χ4n) is 1.67. The predicted octanol–water partition coefficient (Wildman–Crippen LogP) is 2.68. The first-order valence-corrected chi connectivity index (χ1v) is 6.06. The lowest BCUT2D eigenvalue weighted by molar-refractivity contribution is 0.303. The third-order valence-corrected chi connectivity index (χ3v) is 3.72. The molecule has 0 spiro atoms. The van der Waals surface area contributed by atoms with E-state index >= 15 is 0 Å². The Kier molecular flexibility index (Phi) is 3.39. The summed E-state index contributed by atoms with van der Waals surface area (Å²) in [5.74, 6) is 0.989. The quantitative estimate of drug-likeness (QED) is 0.712. The minimum Gasteiger partial charge on any atom is -0.316 e. The van der Waals surface area contributed by atoms with Crippen molar-refractivity contribution in [3.63, 3.8) is 0 Å². The van der Waals surface area contributed by atoms with Gasteiger partial charge in [0.1, 0.15) is 0 Å². The van der Waals surface area contributed by atoms with Gasteiger partial charge in [-0.3, -0.25) is 0 Å². The highest BCUT2D eigenvalue weighted by atomic mass is 32.1. The number of hydrogen-bond donors (Lipinski definition) is 1. The maximum absolute atomic E-state index is 3.53. The van der Waals surface area contributed by atoms with Gasteiger partial charge >= 0.3 is 0 Å². The zero-order chi connectivity index (χ0) is 8.93.